The van der Waals surface area contributed by atoms with Crippen molar-refractivity contribution in [1.82, 2.24) is 4.90 Å². The summed E-state index contributed by atoms with van der Waals surface area (Å²) in [7, 11) is 2.18. The van der Waals surface area contributed by atoms with Gasteiger partial charge in [0, 0.05) is 20.3 Å². The van der Waals surface area contributed by atoms with Gasteiger partial charge in [0.05, 0.1) is 0 Å². The third-order valence-corrected chi connectivity index (χ3v) is 4.64. The van der Waals surface area contributed by atoms with Crippen LogP contribution in [0.15, 0.2) is 0 Å². The smallest absolute Gasteiger partial charge is 0.322 e. The molecule has 0 rings (SSSR count). The maximum atomic E-state index is 5.35. The Hall–Kier alpha value is 0.0969. The van der Waals surface area contributed by atoms with Gasteiger partial charge in [0.15, 0.2) is 0 Å². The molecule has 3 nitrogen and oxygen atoms in total. The zero-order valence-corrected chi connectivity index (χ0v) is 12.7. The number of hydrogen-bond acceptors (Lipinski definition) is 3. The molecular formula is C12H29NO2Si. The molecule has 0 aliphatic heterocycles. The summed E-state index contributed by atoms with van der Waals surface area (Å²) in [6.45, 7) is 8.09. The van der Waals surface area contributed by atoms with Crippen molar-refractivity contribution in [1.29, 1.82) is 0 Å². The van der Waals surface area contributed by atoms with E-state index in [0.717, 1.165) is 12.6 Å². The molecule has 0 aromatic rings. The first-order chi connectivity index (χ1) is 7.78. The molecule has 4 heteroatoms. The van der Waals surface area contributed by atoms with Crippen molar-refractivity contribution >= 4 is 9.28 Å². The minimum Gasteiger partial charge on any atom is -0.400 e. The zero-order chi connectivity index (χ0) is 12.2. The molecule has 0 N–H and O–H groups in total. The molecule has 0 saturated heterocycles. The molecule has 0 radical (unpaired) electrons. The Kier molecular flexibility index (Phi) is 11.6. The third-order valence-electron chi connectivity index (χ3n) is 2.86. The minimum atomic E-state index is -1.36. The fourth-order valence-electron chi connectivity index (χ4n) is 1.72. The summed E-state index contributed by atoms with van der Waals surface area (Å²) < 4.78 is 10.7. The van der Waals surface area contributed by atoms with Crippen molar-refractivity contribution < 1.29 is 8.85 Å². The van der Waals surface area contributed by atoms with Gasteiger partial charge in [0.2, 0.25) is 0 Å². The van der Waals surface area contributed by atoms with Gasteiger partial charge in [-0.15, -0.1) is 0 Å². The Bertz CT molecular complexity index is 135. The number of rotatable bonds is 11. The molecule has 0 bridgehead atoms. The van der Waals surface area contributed by atoms with Crippen molar-refractivity contribution in [3.63, 3.8) is 0 Å². The highest BCUT2D eigenvalue weighted by Gasteiger charge is 2.12. The largest absolute Gasteiger partial charge is 0.400 e. The van der Waals surface area contributed by atoms with Crippen LogP contribution in [0.3, 0.4) is 0 Å². The molecule has 16 heavy (non-hydrogen) atoms. The monoisotopic (exact) mass is 247 g/mol. The van der Waals surface area contributed by atoms with Crippen molar-refractivity contribution in [2.24, 2.45) is 0 Å². The molecule has 0 atom stereocenters. The molecule has 0 fully saturated rings. The van der Waals surface area contributed by atoms with Gasteiger partial charge in [0.25, 0.3) is 0 Å². The fraction of sp³-hybridized carbons (Fsp3) is 1.00. The van der Waals surface area contributed by atoms with Crippen LogP contribution in [0, 0.1) is 0 Å². The Morgan fingerprint density at radius 2 is 1.38 bits per heavy atom. The maximum absolute atomic E-state index is 5.35. The second-order valence-electron chi connectivity index (χ2n) is 4.24. The first-order valence-electron chi connectivity index (χ1n) is 6.56. The van der Waals surface area contributed by atoms with E-state index in [1.807, 2.05) is 0 Å². The van der Waals surface area contributed by atoms with E-state index in [1.54, 1.807) is 14.2 Å². The predicted molar refractivity (Wildman–Crippen MR) is 72.2 cm³/mol. The molecule has 0 aromatic carbocycles. The van der Waals surface area contributed by atoms with E-state index in [9.17, 15) is 0 Å². The molecule has 0 heterocycles. The summed E-state index contributed by atoms with van der Waals surface area (Å²) >= 11 is 0. The zero-order valence-electron chi connectivity index (χ0n) is 11.5. The standard InChI is InChI=1S/C12H29NO2Si/c1-5-7-9-13(10-8-6-2)11-12-16(14-3)15-4/h16H,5-12H2,1-4H3. The van der Waals surface area contributed by atoms with Gasteiger partial charge >= 0.3 is 9.28 Å². The average molecular weight is 247 g/mol. The number of hydrogen-bond donors (Lipinski definition) is 0. The van der Waals surface area contributed by atoms with Crippen LogP contribution in [0.25, 0.3) is 0 Å². The maximum Gasteiger partial charge on any atom is 0.322 e. The molecule has 0 saturated carbocycles. The summed E-state index contributed by atoms with van der Waals surface area (Å²) in [5.41, 5.74) is 0. The second-order valence-corrected chi connectivity index (χ2v) is 6.62. The number of nitrogens with zero attached hydrogens (tertiary/aromatic N) is 1. The summed E-state index contributed by atoms with van der Waals surface area (Å²) in [5, 5.41) is 0. The molecule has 0 aliphatic carbocycles. The van der Waals surface area contributed by atoms with E-state index < -0.39 is 9.28 Å². The quantitative estimate of drug-likeness (QED) is 0.523. The molecule has 0 aromatic heterocycles. The minimum absolute atomic E-state index is 1.10. The lowest BCUT2D eigenvalue weighted by Gasteiger charge is -2.23. The van der Waals surface area contributed by atoms with Crippen LogP contribution in [0.4, 0.5) is 0 Å². The second kappa shape index (κ2) is 11.6. The highest BCUT2D eigenvalue weighted by Crippen LogP contribution is 2.03. The lowest BCUT2D eigenvalue weighted by atomic mass is 10.2. The van der Waals surface area contributed by atoms with E-state index in [-0.39, 0.29) is 0 Å². The van der Waals surface area contributed by atoms with Crippen LogP contribution in [-0.2, 0) is 8.85 Å². The highest BCUT2D eigenvalue weighted by molar-refractivity contribution is 6.44. The summed E-state index contributed by atoms with van der Waals surface area (Å²) in [6, 6.07) is 1.10. The lowest BCUT2D eigenvalue weighted by molar-refractivity contribution is 0.246. The topological polar surface area (TPSA) is 21.7 Å². The van der Waals surface area contributed by atoms with E-state index in [1.165, 1.54) is 38.8 Å². The normalized spacial score (nSPS) is 11.6. The van der Waals surface area contributed by atoms with Crippen LogP contribution in [0.2, 0.25) is 6.04 Å². The Labute approximate surface area is 103 Å². The van der Waals surface area contributed by atoms with Crippen LogP contribution in [0.1, 0.15) is 39.5 Å². The van der Waals surface area contributed by atoms with Gasteiger partial charge in [0.1, 0.15) is 0 Å². The van der Waals surface area contributed by atoms with E-state index >= 15 is 0 Å². The van der Waals surface area contributed by atoms with Crippen molar-refractivity contribution in [3.05, 3.63) is 0 Å². The molecule has 98 valence electrons. The van der Waals surface area contributed by atoms with Gasteiger partial charge in [-0.1, -0.05) is 26.7 Å². The van der Waals surface area contributed by atoms with Gasteiger partial charge in [-0.2, -0.15) is 0 Å². The molecular weight excluding hydrogens is 218 g/mol. The van der Waals surface area contributed by atoms with Gasteiger partial charge in [-0.05, 0) is 32.5 Å². The fourth-order valence-corrected chi connectivity index (χ4v) is 2.96. The Balaban J connectivity index is 3.79. The Morgan fingerprint density at radius 3 is 1.75 bits per heavy atom. The summed E-state index contributed by atoms with van der Waals surface area (Å²) in [5.74, 6) is 0. The first kappa shape index (κ1) is 16.1. The SMILES string of the molecule is CCCCN(CCCC)CC[SiH](OC)OC. The molecule has 0 aliphatic rings. The van der Waals surface area contributed by atoms with Crippen molar-refractivity contribution in [2.45, 2.75) is 45.6 Å². The predicted octanol–water partition coefficient (Wildman–Crippen LogP) is 2.40. The van der Waals surface area contributed by atoms with Crippen molar-refractivity contribution in [2.75, 3.05) is 33.9 Å². The summed E-state index contributed by atoms with van der Waals surface area (Å²) in [6.07, 6.45) is 5.15. The molecule has 0 spiro atoms. The third kappa shape index (κ3) is 8.27. The average Bonchev–Trinajstić information content (AvgIpc) is 2.32. The number of unbranched alkanes of at least 4 members (excludes halogenated alkanes) is 2. The van der Waals surface area contributed by atoms with Gasteiger partial charge < -0.3 is 13.8 Å². The first-order valence-corrected chi connectivity index (χ1v) is 8.32. The highest BCUT2D eigenvalue weighted by atomic mass is 28.3. The van der Waals surface area contributed by atoms with Crippen LogP contribution < -0.4 is 0 Å². The lowest BCUT2D eigenvalue weighted by Crippen LogP contribution is -2.31. The van der Waals surface area contributed by atoms with E-state index in [2.05, 4.69) is 18.7 Å². The molecule has 0 amide bonds. The van der Waals surface area contributed by atoms with Crippen LogP contribution >= 0.6 is 0 Å². The van der Waals surface area contributed by atoms with Gasteiger partial charge in [-0.3, -0.25) is 0 Å². The van der Waals surface area contributed by atoms with Crippen LogP contribution in [-0.4, -0.2) is 48.0 Å². The van der Waals surface area contributed by atoms with E-state index in [0.29, 0.717) is 0 Å². The molecule has 0 unspecified atom stereocenters. The van der Waals surface area contributed by atoms with Crippen LogP contribution in [0.5, 0.6) is 0 Å². The van der Waals surface area contributed by atoms with Gasteiger partial charge in [-0.25, -0.2) is 0 Å². The summed E-state index contributed by atoms with van der Waals surface area (Å²) in [4.78, 5) is 2.56. The Morgan fingerprint density at radius 1 is 0.875 bits per heavy atom. The van der Waals surface area contributed by atoms with Crippen molar-refractivity contribution in [3.8, 4) is 0 Å². The van der Waals surface area contributed by atoms with E-state index in [4.69, 9.17) is 8.85 Å².